The van der Waals surface area contributed by atoms with Gasteiger partial charge in [0, 0.05) is 24.9 Å². The maximum absolute atomic E-state index is 13.1. The van der Waals surface area contributed by atoms with E-state index < -0.39 is 5.95 Å². The summed E-state index contributed by atoms with van der Waals surface area (Å²) in [6.45, 7) is 0. The molecule has 0 radical (unpaired) electrons. The fourth-order valence-corrected chi connectivity index (χ4v) is 3.07. The van der Waals surface area contributed by atoms with Crippen LogP contribution in [0.15, 0.2) is 71.5 Å². The first kappa shape index (κ1) is 17.9. The third-order valence-electron chi connectivity index (χ3n) is 4.56. The Labute approximate surface area is 162 Å². The van der Waals surface area contributed by atoms with E-state index in [4.69, 9.17) is 10.3 Å². The molecule has 0 aliphatic carbocycles. The van der Waals surface area contributed by atoms with Gasteiger partial charge in [-0.1, -0.05) is 29.4 Å². The topological polar surface area (TPSA) is 77.8 Å². The Balaban J connectivity index is 1.39. The van der Waals surface area contributed by atoms with Gasteiger partial charge in [-0.25, -0.2) is 9.97 Å². The van der Waals surface area contributed by atoms with E-state index in [0.29, 0.717) is 18.0 Å². The molecular weight excluding hydrogens is 355 g/mol. The monoisotopic (exact) mass is 374 g/mol. The van der Waals surface area contributed by atoms with Gasteiger partial charge < -0.3 is 10.3 Å². The van der Waals surface area contributed by atoms with E-state index in [1.807, 2.05) is 24.3 Å². The molecule has 0 fully saturated rings. The van der Waals surface area contributed by atoms with Crippen LogP contribution in [0.5, 0.6) is 0 Å². The average Bonchev–Trinajstić information content (AvgIpc) is 3.16. The minimum absolute atomic E-state index is 0.420. The summed E-state index contributed by atoms with van der Waals surface area (Å²) in [6, 6.07) is 17.2. The highest BCUT2D eigenvalue weighted by molar-refractivity contribution is 5.69. The van der Waals surface area contributed by atoms with Crippen LogP contribution >= 0.6 is 0 Å². The SMILES string of the molecule is Nc1ncccc1-c1cc(Cc2ccc(CCc3ccnc(F)c3)cc2)no1. The first-order valence-electron chi connectivity index (χ1n) is 9.02. The molecule has 2 N–H and O–H groups in total. The van der Waals surface area contributed by atoms with Crippen molar-refractivity contribution in [3.8, 4) is 11.3 Å². The van der Waals surface area contributed by atoms with Crippen molar-refractivity contribution in [3.63, 3.8) is 0 Å². The second-order valence-electron chi connectivity index (χ2n) is 6.60. The van der Waals surface area contributed by atoms with Crippen LogP contribution < -0.4 is 5.73 Å². The van der Waals surface area contributed by atoms with Gasteiger partial charge in [-0.05, 0) is 53.8 Å². The normalized spacial score (nSPS) is 10.9. The largest absolute Gasteiger partial charge is 0.383 e. The maximum Gasteiger partial charge on any atom is 0.213 e. The van der Waals surface area contributed by atoms with Crippen molar-refractivity contribution in [1.82, 2.24) is 15.1 Å². The molecule has 0 unspecified atom stereocenters. The van der Waals surface area contributed by atoms with Crippen molar-refractivity contribution in [2.45, 2.75) is 19.3 Å². The van der Waals surface area contributed by atoms with Crippen molar-refractivity contribution in [1.29, 1.82) is 0 Å². The number of nitrogen functional groups attached to an aromatic ring is 1. The smallest absolute Gasteiger partial charge is 0.213 e. The molecule has 3 heterocycles. The van der Waals surface area contributed by atoms with E-state index >= 15 is 0 Å². The molecule has 5 nitrogen and oxygen atoms in total. The molecule has 140 valence electrons. The Morgan fingerprint density at radius 1 is 0.857 bits per heavy atom. The van der Waals surface area contributed by atoms with Crippen LogP contribution in [-0.2, 0) is 19.3 Å². The first-order valence-corrected chi connectivity index (χ1v) is 9.02. The minimum Gasteiger partial charge on any atom is -0.383 e. The predicted molar refractivity (Wildman–Crippen MR) is 105 cm³/mol. The second-order valence-corrected chi connectivity index (χ2v) is 6.60. The summed E-state index contributed by atoms with van der Waals surface area (Å²) in [5, 5.41) is 4.14. The number of anilines is 1. The number of halogens is 1. The minimum atomic E-state index is -0.437. The fourth-order valence-electron chi connectivity index (χ4n) is 3.07. The van der Waals surface area contributed by atoms with Gasteiger partial charge in [0.15, 0.2) is 5.76 Å². The summed E-state index contributed by atoms with van der Waals surface area (Å²) in [5.74, 6) is 0.596. The number of aryl methyl sites for hydroxylation is 2. The molecule has 3 aromatic heterocycles. The molecule has 0 aliphatic rings. The van der Waals surface area contributed by atoms with Crippen LogP contribution in [0.2, 0.25) is 0 Å². The fraction of sp³-hybridized carbons (Fsp3) is 0.136. The van der Waals surface area contributed by atoms with Crippen LogP contribution in [0.1, 0.15) is 22.4 Å². The molecule has 0 saturated carbocycles. The molecule has 0 aliphatic heterocycles. The maximum atomic E-state index is 13.1. The third kappa shape index (κ3) is 4.23. The van der Waals surface area contributed by atoms with Crippen LogP contribution in [0.4, 0.5) is 10.2 Å². The van der Waals surface area contributed by atoms with Gasteiger partial charge in [0.2, 0.25) is 5.95 Å². The lowest BCUT2D eigenvalue weighted by atomic mass is 10.0. The van der Waals surface area contributed by atoms with Crippen molar-refractivity contribution in [2.24, 2.45) is 0 Å². The van der Waals surface area contributed by atoms with Gasteiger partial charge in [0.1, 0.15) is 5.82 Å². The highest BCUT2D eigenvalue weighted by Gasteiger charge is 2.10. The molecule has 0 saturated heterocycles. The third-order valence-corrected chi connectivity index (χ3v) is 4.56. The molecule has 0 amide bonds. The van der Waals surface area contributed by atoms with E-state index in [-0.39, 0.29) is 0 Å². The summed E-state index contributed by atoms with van der Waals surface area (Å²) in [7, 11) is 0. The Kier molecular flexibility index (Phi) is 5.10. The molecule has 4 rings (SSSR count). The highest BCUT2D eigenvalue weighted by Crippen LogP contribution is 2.25. The van der Waals surface area contributed by atoms with Crippen molar-refractivity contribution in [3.05, 3.63) is 95.3 Å². The van der Waals surface area contributed by atoms with E-state index in [9.17, 15) is 4.39 Å². The van der Waals surface area contributed by atoms with Gasteiger partial charge in [-0.2, -0.15) is 4.39 Å². The summed E-state index contributed by atoms with van der Waals surface area (Å²) >= 11 is 0. The van der Waals surface area contributed by atoms with E-state index in [2.05, 4.69) is 39.4 Å². The first-order chi connectivity index (χ1) is 13.7. The number of nitrogens with zero attached hydrogens (tertiary/aromatic N) is 3. The lowest BCUT2D eigenvalue weighted by molar-refractivity contribution is 0.425. The van der Waals surface area contributed by atoms with E-state index in [1.165, 1.54) is 17.8 Å². The number of aromatic nitrogens is 3. The summed E-state index contributed by atoms with van der Waals surface area (Å²) in [5.41, 5.74) is 10.7. The molecule has 0 bridgehead atoms. The molecule has 6 heteroatoms. The standard InChI is InChI=1S/C22H19FN4O/c23-21-13-17(9-11-25-21)8-5-15-3-6-16(7-4-15)12-18-14-20(28-27-18)19-2-1-10-26-22(19)24/h1-4,6-7,9-11,13-14H,5,8,12H2,(H2,24,26). The number of hydrogen-bond donors (Lipinski definition) is 1. The Morgan fingerprint density at radius 2 is 1.64 bits per heavy atom. The lowest BCUT2D eigenvalue weighted by Gasteiger charge is -2.04. The van der Waals surface area contributed by atoms with Crippen LogP contribution in [-0.4, -0.2) is 15.1 Å². The molecule has 0 atom stereocenters. The van der Waals surface area contributed by atoms with Gasteiger partial charge in [-0.15, -0.1) is 0 Å². The summed E-state index contributed by atoms with van der Waals surface area (Å²) < 4.78 is 18.6. The number of nitrogens with two attached hydrogens (primary N) is 1. The lowest BCUT2D eigenvalue weighted by Crippen LogP contribution is -1.94. The second kappa shape index (κ2) is 8.00. The quantitative estimate of drug-likeness (QED) is 0.511. The van der Waals surface area contributed by atoms with Gasteiger partial charge in [0.05, 0.1) is 11.3 Å². The van der Waals surface area contributed by atoms with Crippen molar-refractivity contribution >= 4 is 5.82 Å². The Hall–Kier alpha value is -3.54. The summed E-state index contributed by atoms with van der Waals surface area (Å²) in [6.07, 6.45) is 5.43. The number of benzene rings is 1. The zero-order valence-corrected chi connectivity index (χ0v) is 15.2. The number of rotatable bonds is 6. The van der Waals surface area contributed by atoms with Crippen LogP contribution in [0, 0.1) is 5.95 Å². The highest BCUT2D eigenvalue weighted by atomic mass is 19.1. The Morgan fingerprint density at radius 3 is 2.43 bits per heavy atom. The van der Waals surface area contributed by atoms with Crippen molar-refractivity contribution in [2.75, 3.05) is 5.73 Å². The number of hydrogen-bond acceptors (Lipinski definition) is 5. The number of pyridine rings is 2. The molecular formula is C22H19FN4O. The molecule has 1 aromatic carbocycles. The Bertz CT molecular complexity index is 1080. The van der Waals surface area contributed by atoms with Crippen LogP contribution in [0.3, 0.4) is 0 Å². The molecule has 4 aromatic rings. The zero-order valence-electron chi connectivity index (χ0n) is 15.2. The van der Waals surface area contributed by atoms with Crippen molar-refractivity contribution < 1.29 is 8.91 Å². The molecule has 0 spiro atoms. The summed E-state index contributed by atoms with van der Waals surface area (Å²) in [4.78, 5) is 7.65. The van der Waals surface area contributed by atoms with E-state index in [1.54, 1.807) is 6.20 Å². The molecule has 28 heavy (non-hydrogen) atoms. The average molecular weight is 374 g/mol. The van der Waals surface area contributed by atoms with E-state index in [0.717, 1.165) is 35.2 Å². The van der Waals surface area contributed by atoms with Gasteiger partial charge >= 0.3 is 0 Å². The van der Waals surface area contributed by atoms with Crippen LogP contribution in [0.25, 0.3) is 11.3 Å². The predicted octanol–water partition coefficient (Wildman–Crippen LogP) is 4.23. The van der Waals surface area contributed by atoms with Gasteiger partial charge in [0.25, 0.3) is 0 Å². The zero-order chi connectivity index (χ0) is 19.3. The van der Waals surface area contributed by atoms with Gasteiger partial charge in [-0.3, -0.25) is 0 Å².